The molecule has 0 heterocycles. The van der Waals surface area contributed by atoms with Gasteiger partial charge in [0, 0.05) is 0 Å². The van der Waals surface area contributed by atoms with Crippen LogP contribution in [0.5, 0.6) is 0 Å². The fourth-order valence-corrected chi connectivity index (χ4v) is 0.136. The molecule has 0 aromatic rings. The monoisotopic (exact) mass is 138 g/mol. The summed E-state index contributed by atoms with van der Waals surface area (Å²) in [4.78, 5) is 12.8. The molecule has 0 amide bonds. The number of hydrogen-bond acceptors (Lipinski definition) is 5. The quantitative estimate of drug-likeness (QED) is 0.209. The van der Waals surface area contributed by atoms with E-state index >= 15 is 0 Å². The van der Waals surface area contributed by atoms with E-state index in [9.17, 15) is 4.79 Å². The van der Waals surface area contributed by atoms with Crippen LogP contribution in [0.4, 0.5) is 0 Å². The van der Waals surface area contributed by atoms with Crippen LogP contribution in [0.25, 0.3) is 0 Å². The van der Waals surface area contributed by atoms with Gasteiger partial charge in [0.1, 0.15) is 6.61 Å². The molecule has 6 nitrogen and oxygen atoms in total. The van der Waals surface area contributed by atoms with Crippen molar-refractivity contribution in [1.82, 2.24) is 0 Å². The molecule has 0 bridgehead atoms. The molecular weight excluding hydrogens is 132 g/mol. The Kier molecular flexibility index (Phi) is 2.53. The fraction of sp³-hybridized carbons (Fsp3) is 0.667. The molecule has 0 aromatic carbocycles. The van der Waals surface area contributed by atoms with Crippen molar-refractivity contribution in [2.45, 2.75) is 5.79 Å². The molecule has 0 saturated heterocycles. The second-order valence-corrected chi connectivity index (χ2v) is 1.34. The maximum atomic E-state index is 9.79. The number of rotatable bonds is 3. The molecule has 0 aliphatic carbocycles. The summed E-state index contributed by atoms with van der Waals surface area (Å²) in [7, 11) is 0. The first kappa shape index (κ1) is 8.31. The number of hydrogen-bond donors (Lipinski definition) is 4. The molecule has 0 rings (SSSR count). The molecule has 1 unspecified atom stereocenters. The van der Waals surface area contributed by atoms with Gasteiger partial charge in [-0.15, -0.1) is 0 Å². The van der Waals surface area contributed by atoms with Crippen molar-refractivity contribution in [3.05, 3.63) is 0 Å². The molecule has 54 valence electrons. The van der Waals surface area contributed by atoms with Crippen molar-refractivity contribution in [3.8, 4) is 0 Å². The van der Waals surface area contributed by atoms with Crippen LogP contribution in [-0.4, -0.2) is 38.9 Å². The minimum atomic E-state index is -2.89. The first-order chi connectivity index (χ1) is 4.06. The van der Waals surface area contributed by atoms with Gasteiger partial charge in [0.05, 0.1) is 0 Å². The Balaban J connectivity index is 4.09. The number of aliphatic hydroxyl groups is 2. The van der Waals surface area contributed by atoms with E-state index in [2.05, 4.69) is 4.89 Å². The predicted octanol–water partition coefficient (Wildman–Crippen LogP) is -1.76. The van der Waals surface area contributed by atoms with Crippen molar-refractivity contribution in [3.63, 3.8) is 0 Å². The van der Waals surface area contributed by atoms with E-state index < -0.39 is 18.4 Å². The Morgan fingerprint density at radius 1 is 1.67 bits per heavy atom. The average molecular weight is 138 g/mol. The van der Waals surface area contributed by atoms with Gasteiger partial charge in [-0.1, -0.05) is 0 Å². The zero-order valence-electron chi connectivity index (χ0n) is 4.31. The van der Waals surface area contributed by atoms with Crippen LogP contribution >= 0.6 is 0 Å². The van der Waals surface area contributed by atoms with E-state index in [4.69, 9.17) is 20.6 Å². The van der Waals surface area contributed by atoms with Crippen molar-refractivity contribution >= 4 is 5.97 Å². The molecule has 4 N–H and O–H groups in total. The van der Waals surface area contributed by atoms with Crippen LogP contribution in [0.3, 0.4) is 0 Å². The van der Waals surface area contributed by atoms with Gasteiger partial charge in [-0.25, -0.2) is 10.1 Å². The Bertz CT molecular complexity index is 105. The standard InChI is InChI=1S/C3H6O6/c4-1-3(7,9-8)2(5)6/h4,7-8H,1H2,(H,5,6). The van der Waals surface area contributed by atoms with Gasteiger partial charge in [-0.2, -0.15) is 4.89 Å². The SMILES string of the molecule is O=C(O)C(O)(CO)OO. The molecular formula is C3H6O6. The largest absolute Gasteiger partial charge is 0.477 e. The third-order valence-corrected chi connectivity index (χ3v) is 0.700. The van der Waals surface area contributed by atoms with Gasteiger partial charge >= 0.3 is 11.8 Å². The molecule has 0 spiro atoms. The van der Waals surface area contributed by atoms with Gasteiger partial charge < -0.3 is 15.3 Å². The number of carboxylic acids is 1. The lowest BCUT2D eigenvalue weighted by molar-refractivity contribution is -0.385. The van der Waals surface area contributed by atoms with Crippen LogP contribution in [0.2, 0.25) is 0 Å². The molecule has 0 aliphatic rings. The molecule has 1 atom stereocenters. The van der Waals surface area contributed by atoms with Gasteiger partial charge in [0.25, 0.3) is 0 Å². The normalized spacial score (nSPS) is 16.8. The lowest BCUT2D eigenvalue weighted by Crippen LogP contribution is -2.44. The molecule has 0 saturated carbocycles. The number of carboxylic acid groups (broad SMARTS) is 1. The second-order valence-electron chi connectivity index (χ2n) is 1.34. The van der Waals surface area contributed by atoms with Crippen molar-refractivity contribution in [1.29, 1.82) is 0 Å². The fourth-order valence-electron chi connectivity index (χ4n) is 0.136. The van der Waals surface area contributed by atoms with Crippen LogP contribution in [0.1, 0.15) is 0 Å². The summed E-state index contributed by atoms with van der Waals surface area (Å²) >= 11 is 0. The minimum absolute atomic E-state index is 1.21. The number of aliphatic hydroxyl groups excluding tert-OH is 1. The summed E-state index contributed by atoms with van der Waals surface area (Å²) < 4.78 is 0. The molecule has 0 aromatic heterocycles. The summed E-state index contributed by atoms with van der Waals surface area (Å²) in [6.45, 7) is -1.21. The molecule has 0 aliphatic heterocycles. The second kappa shape index (κ2) is 2.74. The lowest BCUT2D eigenvalue weighted by Gasteiger charge is -2.14. The van der Waals surface area contributed by atoms with Crippen molar-refractivity contribution < 1.29 is 30.3 Å². The Hall–Kier alpha value is -0.690. The average Bonchev–Trinajstić information content (AvgIpc) is 1.86. The van der Waals surface area contributed by atoms with E-state index in [1.807, 2.05) is 0 Å². The highest BCUT2D eigenvalue weighted by Crippen LogP contribution is 2.02. The lowest BCUT2D eigenvalue weighted by atomic mass is 10.3. The maximum absolute atomic E-state index is 9.79. The van der Waals surface area contributed by atoms with Gasteiger partial charge in [0.2, 0.25) is 0 Å². The van der Waals surface area contributed by atoms with Crippen LogP contribution < -0.4 is 0 Å². The van der Waals surface area contributed by atoms with Crippen molar-refractivity contribution in [2.75, 3.05) is 6.61 Å². The van der Waals surface area contributed by atoms with E-state index in [-0.39, 0.29) is 0 Å². The highest BCUT2D eigenvalue weighted by atomic mass is 17.1. The summed E-state index contributed by atoms with van der Waals surface area (Å²) in [6.07, 6.45) is 0. The maximum Gasteiger partial charge on any atom is 0.369 e. The van der Waals surface area contributed by atoms with E-state index in [0.29, 0.717) is 0 Å². The Morgan fingerprint density at radius 2 is 2.11 bits per heavy atom. The molecule has 0 fully saturated rings. The highest BCUT2D eigenvalue weighted by molar-refractivity contribution is 5.75. The third-order valence-electron chi connectivity index (χ3n) is 0.700. The summed E-state index contributed by atoms with van der Waals surface area (Å²) in [5.74, 6) is -4.74. The van der Waals surface area contributed by atoms with Crippen molar-refractivity contribution in [2.24, 2.45) is 0 Å². The zero-order chi connectivity index (χ0) is 7.49. The van der Waals surface area contributed by atoms with Crippen LogP contribution in [-0.2, 0) is 9.68 Å². The Labute approximate surface area is 49.9 Å². The summed E-state index contributed by atoms with van der Waals surface area (Å²) in [6, 6.07) is 0. The molecule has 9 heavy (non-hydrogen) atoms. The Morgan fingerprint density at radius 3 is 2.11 bits per heavy atom. The topological polar surface area (TPSA) is 107 Å². The first-order valence-electron chi connectivity index (χ1n) is 1.96. The van der Waals surface area contributed by atoms with E-state index in [1.54, 1.807) is 0 Å². The van der Waals surface area contributed by atoms with Gasteiger partial charge in [-0.3, -0.25) is 0 Å². The van der Waals surface area contributed by atoms with Gasteiger partial charge in [0.15, 0.2) is 0 Å². The third kappa shape index (κ3) is 1.61. The number of aliphatic carboxylic acids is 1. The summed E-state index contributed by atoms with van der Waals surface area (Å²) in [5.41, 5.74) is 0. The number of carbonyl (C=O) groups is 1. The summed E-state index contributed by atoms with van der Waals surface area (Å²) in [5, 5.41) is 32.0. The van der Waals surface area contributed by atoms with Crippen LogP contribution in [0, 0.1) is 0 Å². The smallest absolute Gasteiger partial charge is 0.369 e. The van der Waals surface area contributed by atoms with Gasteiger partial charge in [-0.05, 0) is 0 Å². The van der Waals surface area contributed by atoms with E-state index in [0.717, 1.165) is 0 Å². The first-order valence-corrected chi connectivity index (χ1v) is 1.96. The molecule has 6 heteroatoms. The highest BCUT2D eigenvalue weighted by Gasteiger charge is 2.37. The predicted molar refractivity (Wildman–Crippen MR) is 23.4 cm³/mol. The zero-order valence-corrected chi connectivity index (χ0v) is 4.31. The minimum Gasteiger partial charge on any atom is -0.477 e. The van der Waals surface area contributed by atoms with E-state index in [1.165, 1.54) is 0 Å². The van der Waals surface area contributed by atoms with Crippen LogP contribution in [0.15, 0.2) is 0 Å². The molecule has 0 radical (unpaired) electrons.